The van der Waals surface area contributed by atoms with E-state index in [1.807, 2.05) is 18.2 Å². The van der Waals surface area contributed by atoms with Gasteiger partial charge in [0.15, 0.2) is 0 Å². The molecule has 0 saturated carbocycles. The average Bonchev–Trinajstić information content (AvgIpc) is 3.51. The second-order valence-corrected chi connectivity index (χ2v) is 8.13. The molecule has 3 atom stereocenters. The Morgan fingerprint density at radius 3 is 2.18 bits per heavy atom. The number of ether oxygens (including phenoxy) is 1. The molecule has 10 nitrogen and oxygen atoms in total. The third-order valence-corrected chi connectivity index (χ3v) is 5.41. The molecule has 0 spiro atoms. The van der Waals surface area contributed by atoms with E-state index in [0.717, 1.165) is 43.9 Å². The number of fused-ring (bicyclic) bond motifs is 1. The van der Waals surface area contributed by atoms with E-state index < -0.39 is 24.3 Å². The van der Waals surface area contributed by atoms with Gasteiger partial charge in [0.2, 0.25) is 5.91 Å². The number of furan rings is 1. The number of anilines is 1. The zero-order valence-corrected chi connectivity index (χ0v) is 19.4. The number of carbonyl (C=O) groups is 3. The fourth-order valence-corrected chi connectivity index (χ4v) is 3.77. The van der Waals surface area contributed by atoms with Gasteiger partial charge in [0.25, 0.3) is 0 Å². The van der Waals surface area contributed by atoms with E-state index in [1.165, 1.54) is 0 Å². The van der Waals surface area contributed by atoms with Crippen LogP contribution in [0.4, 0.5) is 32.0 Å². The number of rotatable bonds is 4. The molecule has 0 radical (unpaired) electrons. The molecule has 16 heteroatoms. The number of alkyl halides is 6. The largest absolute Gasteiger partial charge is 0.490 e. The van der Waals surface area contributed by atoms with Gasteiger partial charge >= 0.3 is 24.3 Å². The summed E-state index contributed by atoms with van der Waals surface area (Å²) in [7, 11) is 0. The highest BCUT2D eigenvalue weighted by Crippen LogP contribution is 2.35. The lowest BCUT2D eigenvalue weighted by Crippen LogP contribution is -2.51. The Balaban J connectivity index is 0.000000301. The van der Waals surface area contributed by atoms with E-state index >= 15 is 0 Å². The van der Waals surface area contributed by atoms with Crippen LogP contribution in [0, 0.1) is 11.8 Å². The highest BCUT2D eigenvalue weighted by molar-refractivity contribution is 5.92. The Kier molecular flexibility index (Phi) is 10.6. The van der Waals surface area contributed by atoms with Crippen molar-refractivity contribution >= 4 is 23.5 Å². The van der Waals surface area contributed by atoms with Crippen molar-refractivity contribution in [3.8, 4) is 0 Å². The first-order valence-corrected chi connectivity index (χ1v) is 10.8. The van der Waals surface area contributed by atoms with Gasteiger partial charge in [-0.1, -0.05) is 0 Å². The summed E-state index contributed by atoms with van der Waals surface area (Å²) in [6.45, 7) is 3.12. The monoisotopic (exact) mass is 555 g/mol. The maximum absolute atomic E-state index is 12.8. The van der Waals surface area contributed by atoms with Crippen molar-refractivity contribution in [1.29, 1.82) is 0 Å². The summed E-state index contributed by atoms with van der Waals surface area (Å²) in [5.74, 6) is -5.24. The van der Waals surface area contributed by atoms with Crippen molar-refractivity contribution in [2.45, 2.75) is 31.4 Å². The minimum atomic E-state index is -5.08. The normalized spacial score (nSPS) is 21.2. The van der Waals surface area contributed by atoms with Gasteiger partial charge in [-0.2, -0.15) is 26.3 Å². The smallest absolute Gasteiger partial charge is 0.475 e. The third-order valence-electron chi connectivity index (χ3n) is 5.41. The molecule has 2 aromatic rings. The van der Waals surface area contributed by atoms with Crippen LogP contribution in [-0.4, -0.2) is 76.1 Å². The number of hydrogen-bond donors (Lipinski definition) is 3. The van der Waals surface area contributed by atoms with Crippen LogP contribution in [0.2, 0.25) is 0 Å². The van der Waals surface area contributed by atoms with Crippen LogP contribution in [0.1, 0.15) is 12.0 Å². The standard InChI is InChI=1S/C18H21N3O3.2C2HF3O2/c22-18(20-14-2-1-5-19-8-14)16-10-21(9-13-3-6-23-12-13)11-17-15(16)4-7-24-17;2*3-2(4,5)1(6)7/h1-3,5-6,8,12,15-17H,4,7,9-11H2,(H,20,22);2*(H,6,7)/t15-,16-,17+;;/m0../s1. The zero-order chi connectivity index (χ0) is 28.5. The van der Waals surface area contributed by atoms with Crippen LogP contribution in [0.5, 0.6) is 0 Å². The van der Waals surface area contributed by atoms with Crippen LogP contribution in [-0.2, 0) is 25.7 Å². The summed E-state index contributed by atoms with van der Waals surface area (Å²) in [4.78, 5) is 36.9. The molecular weight excluding hydrogens is 532 g/mol. The molecule has 2 aliphatic rings. The number of carboxylic acid groups (broad SMARTS) is 2. The number of amides is 1. The van der Waals surface area contributed by atoms with Gasteiger partial charge in [-0.3, -0.25) is 14.7 Å². The first-order chi connectivity index (χ1) is 17.7. The first-order valence-electron chi connectivity index (χ1n) is 10.8. The minimum absolute atomic E-state index is 0.0559. The summed E-state index contributed by atoms with van der Waals surface area (Å²) >= 11 is 0. The highest BCUT2D eigenvalue weighted by atomic mass is 19.4. The number of aliphatic carboxylic acids is 2. The maximum Gasteiger partial charge on any atom is 0.490 e. The van der Waals surface area contributed by atoms with Crippen molar-refractivity contribution in [1.82, 2.24) is 9.88 Å². The number of carboxylic acids is 2. The maximum atomic E-state index is 12.8. The quantitative estimate of drug-likeness (QED) is 0.484. The minimum Gasteiger partial charge on any atom is -0.475 e. The van der Waals surface area contributed by atoms with Crippen LogP contribution in [0.3, 0.4) is 0 Å². The van der Waals surface area contributed by atoms with Gasteiger partial charge in [-0.15, -0.1) is 0 Å². The van der Waals surface area contributed by atoms with E-state index in [-0.39, 0.29) is 17.9 Å². The zero-order valence-electron chi connectivity index (χ0n) is 19.4. The fourth-order valence-electron chi connectivity index (χ4n) is 3.77. The number of halogens is 6. The van der Waals surface area contributed by atoms with Gasteiger partial charge in [0.05, 0.1) is 36.4 Å². The molecule has 4 heterocycles. The number of pyridine rings is 1. The summed E-state index contributed by atoms with van der Waals surface area (Å²) in [5, 5.41) is 17.3. The van der Waals surface area contributed by atoms with Crippen molar-refractivity contribution in [3.63, 3.8) is 0 Å². The molecule has 38 heavy (non-hydrogen) atoms. The van der Waals surface area contributed by atoms with Crippen molar-refractivity contribution in [2.75, 3.05) is 25.0 Å². The van der Waals surface area contributed by atoms with Gasteiger partial charge < -0.3 is 24.7 Å². The molecule has 2 saturated heterocycles. The summed E-state index contributed by atoms with van der Waals surface area (Å²) < 4.78 is 74.5. The molecule has 4 rings (SSSR count). The predicted molar refractivity (Wildman–Crippen MR) is 116 cm³/mol. The molecule has 2 fully saturated rings. The number of nitrogens with zero attached hydrogens (tertiary/aromatic N) is 2. The Morgan fingerprint density at radius 1 is 1.05 bits per heavy atom. The summed E-state index contributed by atoms with van der Waals surface area (Å²) in [6.07, 6.45) is -2.27. The van der Waals surface area contributed by atoms with E-state index in [4.69, 9.17) is 29.0 Å². The van der Waals surface area contributed by atoms with Crippen molar-refractivity contribution in [3.05, 3.63) is 48.7 Å². The first kappa shape index (κ1) is 30.6. The number of aromatic nitrogens is 1. The molecule has 0 bridgehead atoms. The lowest BCUT2D eigenvalue weighted by Gasteiger charge is -2.39. The number of carbonyl (C=O) groups excluding carboxylic acids is 1. The fraction of sp³-hybridized carbons (Fsp3) is 0.455. The Labute approximate surface area is 211 Å². The number of piperidine rings is 1. The van der Waals surface area contributed by atoms with E-state index in [9.17, 15) is 31.1 Å². The number of hydrogen-bond acceptors (Lipinski definition) is 7. The topological polar surface area (TPSA) is 142 Å². The van der Waals surface area contributed by atoms with Crippen LogP contribution >= 0.6 is 0 Å². The average molecular weight is 555 g/mol. The molecule has 2 aliphatic heterocycles. The molecule has 3 N–H and O–H groups in total. The molecule has 2 aromatic heterocycles. The van der Waals surface area contributed by atoms with Crippen LogP contribution in [0.15, 0.2) is 47.5 Å². The van der Waals surface area contributed by atoms with E-state index in [1.54, 1.807) is 24.9 Å². The van der Waals surface area contributed by atoms with Crippen molar-refractivity contribution in [2.24, 2.45) is 11.8 Å². The molecule has 210 valence electrons. The number of likely N-dealkylation sites (tertiary alicyclic amines) is 1. The molecule has 0 aromatic carbocycles. The lowest BCUT2D eigenvalue weighted by atomic mass is 9.82. The lowest BCUT2D eigenvalue weighted by molar-refractivity contribution is -0.193. The van der Waals surface area contributed by atoms with Gasteiger partial charge in [-0.05, 0) is 24.6 Å². The van der Waals surface area contributed by atoms with Crippen LogP contribution < -0.4 is 5.32 Å². The predicted octanol–water partition coefficient (Wildman–Crippen LogP) is 3.42. The molecule has 0 aliphatic carbocycles. The summed E-state index contributed by atoms with van der Waals surface area (Å²) in [5.41, 5.74) is 1.86. The summed E-state index contributed by atoms with van der Waals surface area (Å²) in [6, 6.07) is 5.65. The Morgan fingerprint density at radius 2 is 1.68 bits per heavy atom. The van der Waals surface area contributed by atoms with Crippen molar-refractivity contribution < 1.29 is 60.1 Å². The van der Waals surface area contributed by atoms with E-state index in [2.05, 4.69) is 15.2 Å². The highest BCUT2D eigenvalue weighted by Gasteiger charge is 2.44. The second-order valence-electron chi connectivity index (χ2n) is 8.13. The third kappa shape index (κ3) is 9.66. The molecular formula is C22H23F6N3O7. The SMILES string of the molecule is O=C(Nc1cccnc1)[C@H]1CN(Cc2ccoc2)C[C@H]2OCC[C@@H]12.O=C(O)C(F)(F)F.O=C(O)C(F)(F)F. The van der Waals surface area contributed by atoms with Gasteiger partial charge in [-0.25, -0.2) is 9.59 Å². The van der Waals surface area contributed by atoms with Gasteiger partial charge in [0, 0.05) is 43.9 Å². The number of nitrogens with one attached hydrogen (secondary N) is 1. The molecule has 0 unspecified atom stereocenters. The Hall–Kier alpha value is -3.66. The van der Waals surface area contributed by atoms with Gasteiger partial charge in [0.1, 0.15) is 0 Å². The van der Waals surface area contributed by atoms with Crippen LogP contribution in [0.25, 0.3) is 0 Å². The molecule has 1 amide bonds. The second kappa shape index (κ2) is 13.2. The Bertz CT molecular complexity index is 1020. The van der Waals surface area contributed by atoms with E-state index in [0.29, 0.717) is 5.92 Å².